The number of nitrogens with zero attached hydrogens (tertiary/aromatic N) is 3. The fourth-order valence-electron chi connectivity index (χ4n) is 3.01. The summed E-state index contributed by atoms with van der Waals surface area (Å²) in [6, 6.07) is 7.45. The molecule has 0 aliphatic heterocycles. The molecule has 0 unspecified atom stereocenters. The summed E-state index contributed by atoms with van der Waals surface area (Å²) in [5.74, 6) is -0.248. The Balaban J connectivity index is 0.00000300. The van der Waals surface area contributed by atoms with Crippen LogP contribution in [0.3, 0.4) is 0 Å². The van der Waals surface area contributed by atoms with Gasteiger partial charge in [0.15, 0.2) is 5.82 Å². The second-order valence-electron chi connectivity index (χ2n) is 6.51. The number of ether oxygens (including phenoxy) is 1. The van der Waals surface area contributed by atoms with E-state index in [0.717, 1.165) is 44.0 Å². The van der Waals surface area contributed by atoms with Crippen molar-refractivity contribution in [3.8, 4) is 11.5 Å². The molecule has 0 saturated carbocycles. The molecule has 0 atom stereocenters. The van der Waals surface area contributed by atoms with E-state index in [1.807, 2.05) is 29.6 Å². The van der Waals surface area contributed by atoms with E-state index in [4.69, 9.17) is 9.84 Å². The number of hydrogen-bond acceptors (Lipinski definition) is 6. The summed E-state index contributed by atoms with van der Waals surface area (Å²) in [7, 11) is 0. The maximum absolute atomic E-state index is 12.7. The van der Waals surface area contributed by atoms with Crippen LogP contribution in [-0.2, 0) is 9.53 Å². The third-order valence-corrected chi connectivity index (χ3v) is 5.00. The van der Waals surface area contributed by atoms with E-state index < -0.39 is 12.1 Å². The number of benzene rings is 1. The number of carboxylic acid groups (broad SMARTS) is 1. The number of rotatable bonds is 10. The Hall–Kier alpha value is -1.74. The summed E-state index contributed by atoms with van der Waals surface area (Å²) in [5.41, 5.74) is 3.79. The number of carbonyl (C=O) groups excluding carboxylic acids is 1. The van der Waals surface area contributed by atoms with E-state index in [0.29, 0.717) is 23.6 Å². The second kappa shape index (κ2) is 12.1. The molecule has 0 aliphatic carbocycles. The minimum atomic E-state index is -0.740. The molecular formula is C20H23N3NaO4S+. The van der Waals surface area contributed by atoms with E-state index in [1.54, 1.807) is 5.51 Å². The largest absolute Gasteiger partial charge is 1.00 e. The summed E-state index contributed by atoms with van der Waals surface area (Å²) < 4.78 is 6.96. The minimum Gasteiger partial charge on any atom is -0.481 e. The smallest absolute Gasteiger partial charge is 0.481 e. The maximum atomic E-state index is 12.7. The first kappa shape index (κ1) is 23.5. The number of carboxylic acids is 1. The summed E-state index contributed by atoms with van der Waals surface area (Å²) in [6.45, 7) is 0.344. The number of thiazole rings is 1. The first-order valence-electron chi connectivity index (χ1n) is 9.42. The number of unbranched alkanes of at least 4 members (excludes halogenated alkanes) is 5. The Morgan fingerprint density at radius 1 is 1.07 bits per heavy atom. The standard InChI is InChI=1S/C20H23N3O4S.Na/c24-18(25)11-5-3-1-2-4-8-12-27-20(26)23-17-10-7-6-9-15(17)22-19(23)16-13-28-14-21-16;/h6-7,9-10,13-14H,1-5,8,11-12H2,(H,24,25);/q;+1. The van der Waals surface area contributed by atoms with Gasteiger partial charge in [-0.3, -0.25) is 4.79 Å². The number of fused-ring (bicyclic) bond motifs is 1. The van der Waals surface area contributed by atoms with Crippen LogP contribution in [-0.4, -0.2) is 38.3 Å². The van der Waals surface area contributed by atoms with Crippen LogP contribution in [0.5, 0.6) is 0 Å². The molecule has 0 amide bonds. The van der Waals surface area contributed by atoms with E-state index in [9.17, 15) is 9.59 Å². The van der Waals surface area contributed by atoms with E-state index in [2.05, 4.69) is 9.97 Å². The van der Waals surface area contributed by atoms with Gasteiger partial charge in [-0.25, -0.2) is 19.3 Å². The van der Waals surface area contributed by atoms with Gasteiger partial charge in [-0.2, -0.15) is 0 Å². The molecule has 0 aliphatic rings. The van der Waals surface area contributed by atoms with Gasteiger partial charge in [-0.1, -0.05) is 37.8 Å². The Kier molecular flexibility index (Phi) is 9.80. The average Bonchev–Trinajstić information content (AvgIpc) is 3.33. The van der Waals surface area contributed by atoms with Crippen molar-refractivity contribution >= 4 is 34.4 Å². The first-order chi connectivity index (χ1) is 13.7. The summed E-state index contributed by atoms with van der Waals surface area (Å²) in [5, 5.41) is 10.5. The molecule has 148 valence electrons. The number of para-hydroxylation sites is 2. The van der Waals surface area contributed by atoms with Crippen molar-refractivity contribution in [2.24, 2.45) is 0 Å². The predicted molar refractivity (Wildman–Crippen MR) is 108 cm³/mol. The molecule has 0 bridgehead atoms. The third-order valence-electron chi connectivity index (χ3n) is 4.42. The van der Waals surface area contributed by atoms with Crippen LogP contribution in [0.4, 0.5) is 4.79 Å². The first-order valence-corrected chi connectivity index (χ1v) is 10.4. The molecule has 0 spiro atoms. The molecule has 0 fully saturated rings. The quantitative estimate of drug-likeness (QED) is 0.395. The summed E-state index contributed by atoms with van der Waals surface area (Å²) in [6.07, 6.45) is 5.17. The Labute approximate surface area is 195 Å². The number of aromatic nitrogens is 3. The molecule has 3 aromatic rings. The van der Waals surface area contributed by atoms with Crippen molar-refractivity contribution < 1.29 is 49.0 Å². The summed E-state index contributed by atoms with van der Waals surface area (Å²) in [4.78, 5) is 32.0. The van der Waals surface area contributed by atoms with E-state index in [1.165, 1.54) is 15.9 Å². The van der Waals surface area contributed by atoms with Crippen molar-refractivity contribution in [1.29, 1.82) is 0 Å². The fraction of sp³-hybridized carbons (Fsp3) is 0.400. The molecule has 2 aromatic heterocycles. The number of carbonyl (C=O) groups is 2. The van der Waals surface area contributed by atoms with Gasteiger partial charge in [-0.05, 0) is 25.0 Å². The van der Waals surface area contributed by atoms with Crippen LogP contribution in [0.25, 0.3) is 22.6 Å². The molecule has 0 radical (unpaired) electrons. The fourth-order valence-corrected chi connectivity index (χ4v) is 3.55. The minimum absolute atomic E-state index is 0. The van der Waals surface area contributed by atoms with Gasteiger partial charge >= 0.3 is 41.6 Å². The second-order valence-corrected chi connectivity index (χ2v) is 7.23. The topological polar surface area (TPSA) is 94.3 Å². The number of aliphatic carboxylic acids is 1. The van der Waals surface area contributed by atoms with E-state index >= 15 is 0 Å². The van der Waals surface area contributed by atoms with Crippen LogP contribution >= 0.6 is 11.3 Å². The van der Waals surface area contributed by atoms with Gasteiger partial charge in [0, 0.05) is 11.8 Å². The van der Waals surface area contributed by atoms with Gasteiger partial charge in [-0.15, -0.1) is 11.3 Å². The van der Waals surface area contributed by atoms with Crippen LogP contribution in [0.1, 0.15) is 44.9 Å². The van der Waals surface area contributed by atoms with Gasteiger partial charge in [0.2, 0.25) is 0 Å². The zero-order valence-electron chi connectivity index (χ0n) is 16.5. The molecule has 1 aromatic carbocycles. The molecule has 9 heteroatoms. The zero-order chi connectivity index (χ0) is 19.8. The molecule has 3 rings (SSSR count). The molecule has 1 N–H and O–H groups in total. The van der Waals surface area contributed by atoms with Crippen molar-refractivity contribution in [1.82, 2.24) is 14.5 Å². The maximum Gasteiger partial charge on any atom is 1.00 e. The van der Waals surface area contributed by atoms with Crippen molar-refractivity contribution in [2.45, 2.75) is 44.9 Å². The van der Waals surface area contributed by atoms with Gasteiger partial charge in [0.1, 0.15) is 5.69 Å². The van der Waals surface area contributed by atoms with Crippen LogP contribution in [0.2, 0.25) is 0 Å². The van der Waals surface area contributed by atoms with Gasteiger partial charge < -0.3 is 9.84 Å². The Morgan fingerprint density at radius 3 is 2.52 bits per heavy atom. The number of imidazole rings is 1. The normalized spacial score (nSPS) is 10.6. The van der Waals surface area contributed by atoms with E-state index in [-0.39, 0.29) is 36.0 Å². The van der Waals surface area contributed by atoms with Gasteiger partial charge in [0.25, 0.3) is 0 Å². The van der Waals surface area contributed by atoms with Crippen molar-refractivity contribution in [3.05, 3.63) is 35.2 Å². The zero-order valence-corrected chi connectivity index (χ0v) is 19.4. The molecular weight excluding hydrogens is 401 g/mol. The molecule has 0 saturated heterocycles. The monoisotopic (exact) mass is 424 g/mol. The van der Waals surface area contributed by atoms with Crippen molar-refractivity contribution in [3.63, 3.8) is 0 Å². The van der Waals surface area contributed by atoms with Crippen LogP contribution in [0.15, 0.2) is 35.2 Å². The molecule has 2 heterocycles. The van der Waals surface area contributed by atoms with Crippen LogP contribution in [0, 0.1) is 0 Å². The average molecular weight is 424 g/mol. The summed E-state index contributed by atoms with van der Waals surface area (Å²) >= 11 is 1.45. The Bertz CT molecular complexity index is 927. The SMILES string of the molecule is O=C(O)CCCCCCCCOC(=O)n1c(-c2cscn2)nc2ccccc21.[Na+]. The van der Waals surface area contributed by atoms with Gasteiger partial charge in [0.05, 0.1) is 23.2 Å². The third kappa shape index (κ3) is 6.64. The predicted octanol–water partition coefficient (Wildman–Crippen LogP) is 1.96. The van der Waals surface area contributed by atoms with Crippen molar-refractivity contribution in [2.75, 3.05) is 6.61 Å². The van der Waals surface area contributed by atoms with Crippen LogP contribution < -0.4 is 29.6 Å². The molecule has 7 nitrogen and oxygen atoms in total. The molecule has 29 heavy (non-hydrogen) atoms. The number of hydrogen-bond donors (Lipinski definition) is 1. The Morgan fingerprint density at radius 2 is 1.79 bits per heavy atom.